The normalized spacial score (nSPS) is 21.4. The van der Waals surface area contributed by atoms with E-state index in [1.807, 2.05) is 19.2 Å². The fourth-order valence-electron chi connectivity index (χ4n) is 5.28. The van der Waals surface area contributed by atoms with Crippen LogP contribution in [-0.2, 0) is 24.1 Å². The monoisotopic (exact) mass is 469 g/mol. The molecule has 0 atom stereocenters. The lowest BCUT2D eigenvalue weighted by molar-refractivity contribution is -0.119. The number of rotatable bonds is 10. The van der Waals surface area contributed by atoms with Crippen molar-refractivity contribution in [1.29, 1.82) is 0 Å². The molecule has 0 saturated heterocycles. The Balaban J connectivity index is 1.15. The Morgan fingerprint density at radius 3 is 2.70 bits per heavy atom. The van der Waals surface area contributed by atoms with Gasteiger partial charge in [-0.1, -0.05) is 25.8 Å². The Kier molecular flexibility index (Phi) is 8.90. The summed E-state index contributed by atoms with van der Waals surface area (Å²) in [6, 6.07) is 4.25. The van der Waals surface area contributed by atoms with Crippen molar-refractivity contribution in [2.45, 2.75) is 78.1 Å². The minimum absolute atomic E-state index is 0.392. The van der Waals surface area contributed by atoms with Gasteiger partial charge in [0, 0.05) is 55.2 Å². The fourth-order valence-corrected chi connectivity index (χ4v) is 6.11. The Bertz CT molecular complexity index is 905. The van der Waals surface area contributed by atoms with E-state index >= 15 is 0 Å². The molecule has 33 heavy (non-hydrogen) atoms. The number of hydrogen-bond acceptors (Lipinski definition) is 6. The van der Waals surface area contributed by atoms with Crippen molar-refractivity contribution in [2.75, 3.05) is 26.2 Å². The lowest BCUT2D eigenvalue weighted by atomic mass is 9.78. The van der Waals surface area contributed by atoms with Crippen LogP contribution in [0.25, 0.3) is 0 Å². The molecule has 5 nitrogen and oxygen atoms in total. The number of hydrogen-bond donors (Lipinski definition) is 0. The highest BCUT2D eigenvalue weighted by molar-refractivity contribution is 7.11. The summed E-state index contributed by atoms with van der Waals surface area (Å²) in [6.07, 6.45) is 12.6. The minimum atomic E-state index is 0.392. The predicted molar refractivity (Wildman–Crippen MR) is 134 cm³/mol. The number of pyridine rings is 1. The largest absolute Gasteiger partial charge is 0.478 e. The molecule has 0 N–H and O–H groups in total. The van der Waals surface area contributed by atoms with E-state index in [9.17, 15) is 4.79 Å². The highest BCUT2D eigenvalue weighted by Gasteiger charge is 2.24. The van der Waals surface area contributed by atoms with Crippen molar-refractivity contribution in [2.24, 2.45) is 11.8 Å². The van der Waals surface area contributed by atoms with Crippen LogP contribution in [0.5, 0.6) is 5.88 Å². The zero-order valence-electron chi connectivity index (χ0n) is 20.4. The lowest BCUT2D eigenvalue weighted by Gasteiger charge is -2.30. The van der Waals surface area contributed by atoms with Gasteiger partial charge in [-0.3, -0.25) is 4.79 Å². The highest BCUT2D eigenvalue weighted by atomic mass is 32.1. The number of Topliss-reactive ketones (excluding diaryl/α,β-unsaturated/α-hetero) is 1. The van der Waals surface area contributed by atoms with Crippen LogP contribution in [-0.4, -0.2) is 46.9 Å². The molecule has 1 fully saturated rings. The smallest absolute Gasteiger partial charge is 0.213 e. The Labute approximate surface area is 203 Å². The van der Waals surface area contributed by atoms with Crippen molar-refractivity contribution in [3.63, 3.8) is 0 Å². The van der Waals surface area contributed by atoms with Crippen molar-refractivity contribution < 1.29 is 9.53 Å². The summed E-state index contributed by atoms with van der Waals surface area (Å²) in [6.45, 7) is 8.27. The van der Waals surface area contributed by atoms with E-state index in [1.165, 1.54) is 49.9 Å². The van der Waals surface area contributed by atoms with Crippen LogP contribution in [0, 0.1) is 18.8 Å². The van der Waals surface area contributed by atoms with E-state index in [4.69, 9.17) is 9.72 Å². The third kappa shape index (κ3) is 7.35. The zero-order chi connectivity index (χ0) is 23.0. The van der Waals surface area contributed by atoms with Gasteiger partial charge in [0.1, 0.15) is 5.78 Å². The molecule has 0 amide bonds. The SMILES string of the molecule is CCCOc1ccc2c(n1)CCN(CCC1CCC(CC(=O)Cc3cnc(C)s3)CC1)CC2. The molecule has 180 valence electrons. The molecular formula is C27H39N3O2S. The lowest BCUT2D eigenvalue weighted by Crippen LogP contribution is -2.29. The van der Waals surface area contributed by atoms with Gasteiger partial charge in [0.25, 0.3) is 0 Å². The number of aromatic nitrogens is 2. The number of aryl methyl sites for hydroxylation is 1. The predicted octanol–water partition coefficient (Wildman–Crippen LogP) is 5.43. The summed E-state index contributed by atoms with van der Waals surface area (Å²) in [5.41, 5.74) is 2.62. The number of nitrogens with zero attached hydrogens (tertiary/aromatic N) is 3. The summed E-state index contributed by atoms with van der Waals surface area (Å²) >= 11 is 1.65. The average molecular weight is 470 g/mol. The van der Waals surface area contributed by atoms with Gasteiger partial charge in [0.2, 0.25) is 5.88 Å². The minimum Gasteiger partial charge on any atom is -0.478 e. The quantitative estimate of drug-likeness (QED) is 0.464. The molecule has 1 aliphatic heterocycles. The summed E-state index contributed by atoms with van der Waals surface area (Å²) in [4.78, 5) is 25.3. The van der Waals surface area contributed by atoms with Crippen LogP contribution in [0.2, 0.25) is 0 Å². The van der Waals surface area contributed by atoms with Crippen LogP contribution in [0.4, 0.5) is 0 Å². The van der Waals surface area contributed by atoms with Crippen LogP contribution in [0.1, 0.15) is 73.0 Å². The van der Waals surface area contributed by atoms with E-state index in [0.29, 0.717) is 18.1 Å². The maximum Gasteiger partial charge on any atom is 0.213 e. The fraction of sp³-hybridized carbons (Fsp3) is 0.667. The van der Waals surface area contributed by atoms with Crippen LogP contribution >= 0.6 is 11.3 Å². The molecule has 6 heteroatoms. The molecule has 0 radical (unpaired) electrons. The first kappa shape index (κ1) is 24.3. The Morgan fingerprint density at radius 1 is 1.15 bits per heavy atom. The Morgan fingerprint density at radius 2 is 1.94 bits per heavy atom. The Hall–Kier alpha value is -1.79. The first-order chi connectivity index (χ1) is 16.1. The molecule has 4 rings (SSSR count). The zero-order valence-corrected chi connectivity index (χ0v) is 21.2. The highest BCUT2D eigenvalue weighted by Crippen LogP contribution is 2.33. The summed E-state index contributed by atoms with van der Waals surface area (Å²) in [5.74, 6) is 2.58. The summed E-state index contributed by atoms with van der Waals surface area (Å²) in [5, 5.41) is 1.05. The van der Waals surface area contributed by atoms with Gasteiger partial charge >= 0.3 is 0 Å². The number of carbonyl (C=O) groups is 1. The molecule has 2 aliphatic rings. The van der Waals surface area contributed by atoms with Gasteiger partial charge in [0.05, 0.1) is 11.6 Å². The van der Waals surface area contributed by atoms with E-state index in [1.54, 1.807) is 11.3 Å². The molecule has 0 spiro atoms. The third-order valence-electron chi connectivity index (χ3n) is 7.24. The molecule has 3 heterocycles. The molecule has 2 aromatic heterocycles. The van der Waals surface area contributed by atoms with Crippen LogP contribution < -0.4 is 4.74 Å². The van der Waals surface area contributed by atoms with Gasteiger partial charge < -0.3 is 9.64 Å². The first-order valence-corrected chi connectivity index (χ1v) is 13.7. The van der Waals surface area contributed by atoms with Gasteiger partial charge in [-0.05, 0) is 63.0 Å². The number of fused-ring (bicyclic) bond motifs is 1. The maximum absolute atomic E-state index is 12.5. The molecule has 0 aromatic carbocycles. The number of carbonyl (C=O) groups excluding carboxylic acids is 1. The van der Waals surface area contributed by atoms with E-state index in [-0.39, 0.29) is 0 Å². The van der Waals surface area contributed by atoms with Gasteiger partial charge in [-0.15, -0.1) is 11.3 Å². The van der Waals surface area contributed by atoms with Gasteiger partial charge in [0.15, 0.2) is 0 Å². The molecule has 2 aromatic rings. The third-order valence-corrected chi connectivity index (χ3v) is 8.15. The summed E-state index contributed by atoms with van der Waals surface area (Å²) < 4.78 is 5.73. The van der Waals surface area contributed by atoms with E-state index in [0.717, 1.165) is 67.1 Å². The molecule has 0 unspecified atom stereocenters. The van der Waals surface area contributed by atoms with Crippen molar-refractivity contribution in [1.82, 2.24) is 14.9 Å². The van der Waals surface area contributed by atoms with Gasteiger partial charge in [-0.2, -0.15) is 0 Å². The van der Waals surface area contributed by atoms with E-state index in [2.05, 4.69) is 22.9 Å². The topological polar surface area (TPSA) is 55.3 Å². The second-order valence-electron chi connectivity index (χ2n) is 9.89. The molecule has 1 aliphatic carbocycles. The first-order valence-electron chi connectivity index (χ1n) is 12.9. The van der Waals surface area contributed by atoms with Crippen LogP contribution in [0.3, 0.4) is 0 Å². The average Bonchev–Trinajstić information content (AvgIpc) is 3.11. The number of thiazole rings is 1. The van der Waals surface area contributed by atoms with Crippen molar-refractivity contribution in [3.8, 4) is 5.88 Å². The molecule has 0 bridgehead atoms. The standard InChI is InChI=1S/C27H39N3O2S/c1-3-16-32-27-9-8-23-11-14-30(15-12-26(23)29-27)13-10-21-4-6-22(7-5-21)17-24(31)18-25-19-28-20(2)33-25/h8-9,19,21-22H,3-7,10-18H2,1-2H3. The second kappa shape index (κ2) is 12.1. The summed E-state index contributed by atoms with van der Waals surface area (Å²) in [7, 11) is 0. The number of ketones is 1. The molecular weight excluding hydrogens is 430 g/mol. The van der Waals surface area contributed by atoms with Crippen molar-refractivity contribution >= 4 is 17.1 Å². The van der Waals surface area contributed by atoms with Gasteiger partial charge in [-0.25, -0.2) is 9.97 Å². The van der Waals surface area contributed by atoms with Crippen molar-refractivity contribution in [3.05, 3.63) is 39.5 Å². The second-order valence-corrected chi connectivity index (χ2v) is 11.2. The van der Waals surface area contributed by atoms with Crippen LogP contribution in [0.15, 0.2) is 18.3 Å². The number of ether oxygens (including phenoxy) is 1. The molecule has 1 saturated carbocycles. The maximum atomic E-state index is 12.5. The van der Waals surface area contributed by atoms with E-state index < -0.39 is 0 Å².